The molecule has 1 saturated carbocycles. The number of oxime groups is 1. The average molecular weight is 490 g/mol. The van der Waals surface area contributed by atoms with E-state index in [1.807, 2.05) is 0 Å². The van der Waals surface area contributed by atoms with Crippen LogP contribution in [0.2, 0.25) is 0 Å². The Labute approximate surface area is 202 Å². The highest BCUT2D eigenvalue weighted by molar-refractivity contribution is 7.17. The molecule has 3 aliphatic rings. The van der Waals surface area contributed by atoms with Gasteiger partial charge in [-0.1, -0.05) is 24.9 Å². The topological polar surface area (TPSA) is 149 Å². The number of amidine groups is 1. The number of nitrogens with zero attached hydrogens (tertiary/aromatic N) is 2. The first-order valence-electron chi connectivity index (χ1n) is 11.5. The Hall–Kier alpha value is -3.08. The minimum atomic E-state index is -0.510. The molecular formula is C23H31N5O5S. The molecule has 10 nitrogen and oxygen atoms in total. The van der Waals surface area contributed by atoms with Gasteiger partial charge in [0.05, 0.1) is 23.9 Å². The van der Waals surface area contributed by atoms with Crippen molar-refractivity contribution in [2.75, 3.05) is 26.1 Å². The largest absolute Gasteiger partial charge is 0.465 e. The van der Waals surface area contributed by atoms with E-state index in [0.29, 0.717) is 22.2 Å². The number of anilines is 1. The summed E-state index contributed by atoms with van der Waals surface area (Å²) in [5.41, 5.74) is 13.7. The van der Waals surface area contributed by atoms with Crippen molar-refractivity contribution in [3.8, 4) is 0 Å². The summed E-state index contributed by atoms with van der Waals surface area (Å²) < 4.78 is 4.94. The van der Waals surface area contributed by atoms with Gasteiger partial charge in [0.25, 0.3) is 11.8 Å². The molecule has 1 unspecified atom stereocenters. The van der Waals surface area contributed by atoms with Gasteiger partial charge in [0.15, 0.2) is 12.4 Å². The molecule has 4 rings (SSSR count). The molecule has 1 aromatic heterocycles. The van der Waals surface area contributed by atoms with Crippen molar-refractivity contribution in [2.45, 2.75) is 57.4 Å². The Morgan fingerprint density at radius 2 is 2.03 bits per heavy atom. The van der Waals surface area contributed by atoms with Crippen molar-refractivity contribution in [3.63, 3.8) is 0 Å². The van der Waals surface area contributed by atoms with E-state index in [1.165, 1.54) is 18.4 Å². The van der Waals surface area contributed by atoms with Crippen molar-refractivity contribution in [2.24, 2.45) is 22.5 Å². The monoisotopic (exact) mass is 489 g/mol. The van der Waals surface area contributed by atoms with Gasteiger partial charge in [-0.2, -0.15) is 0 Å². The summed E-state index contributed by atoms with van der Waals surface area (Å²) in [6.45, 7) is 1.72. The number of methoxy groups -OCH3 is 1. The molecule has 2 heterocycles. The molecule has 1 aliphatic heterocycles. The van der Waals surface area contributed by atoms with E-state index < -0.39 is 24.0 Å². The summed E-state index contributed by atoms with van der Waals surface area (Å²) in [5.74, 6) is -0.907. The fraction of sp³-hybridized carbons (Fsp3) is 0.565. The number of hydrogen-bond acceptors (Lipinski definition) is 8. The van der Waals surface area contributed by atoms with Crippen LogP contribution in [0.4, 0.5) is 5.00 Å². The van der Waals surface area contributed by atoms with E-state index in [2.05, 4.69) is 17.4 Å². The first-order chi connectivity index (χ1) is 16.2. The summed E-state index contributed by atoms with van der Waals surface area (Å²) in [5, 5.41) is 6.97. The molecule has 0 saturated heterocycles. The van der Waals surface area contributed by atoms with Crippen LogP contribution in [-0.4, -0.2) is 54.8 Å². The fourth-order valence-corrected chi connectivity index (χ4v) is 6.64. The number of fused-ring (bicyclic) bond motifs is 1. The molecule has 1 fully saturated rings. The molecule has 1 atom stereocenters. The normalized spacial score (nSPS) is 21.7. The molecule has 0 bridgehead atoms. The molecule has 1 aromatic rings. The number of carbonyl (C=O) groups is 3. The maximum atomic E-state index is 12.8. The second kappa shape index (κ2) is 9.28. The number of rotatable bonds is 6. The first-order valence-corrected chi connectivity index (χ1v) is 12.3. The number of amides is 2. The number of nitrogens with one attached hydrogen (secondary N) is 1. The number of ether oxygens (including phenoxy) is 1. The lowest BCUT2D eigenvalue weighted by Gasteiger charge is -2.33. The van der Waals surface area contributed by atoms with Crippen molar-refractivity contribution in [1.82, 2.24) is 4.90 Å². The van der Waals surface area contributed by atoms with Gasteiger partial charge in [-0.25, -0.2) is 4.79 Å². The van der Waals surface area contributed by atoms with E-state index >= 15 is 0 Å². The van der Waals surface area contributed by atoms with E-state index in [4.69, 9.17) is 21.0 Å². The molecule has 2 aliphatic carbocycles. The van der Waals surface area contributed by atoms with Crippen LogP contribution in [0.25, 0.3) is 0 Å². The van der Waals surface area contributed by atoms with Crippen LogP contribution in [0, 0.1) is 5.92 Å². The van der Waals surface area contributed by atoms with Crippen molar-refractivity contribution in [1.29, 1.82) is 0 Å². The minimum absolute atomic E-state index is 0.137. The fourth-order valence-electron chi connectivity index (χ4n) is 5.23. The summed E-state index contributed by atoms with van der Waals surface area (Å²) in [6, 6.07) is 0. The molecule has 0 aromatic carbocycles. The Bertz CT molecular complexity index is 1090. The second-order valence-electron chi connectivity index (χ2n) is 9.24. The zero-order chi connectivity index (χ0) is 24.6. The predicted octanol–water partition coefficient (Wildman–Crippen LogP) is 1.88. The number of likely N-dealkylation sites (N-methyl/N-ethyl adjacent to an activating group) is 1. The highest BCUT2D eigenvalue weighted by atomic mass is 32.1. The van der Waals surface area contributed by atoms with Crippen LogP contribution in [0.3, 0.4) is 0 Å². The van der Waals surface area contributed by atoms with Gasteiger partial charge in [-0.3, -0.25) is 9.59 Å². The van der Waals surface area contributed by atoms with Crippen LogP contribution in [0.15, 0.2) is 16.4 Å². The maximum absolute atomic E-state index is 12.8. The number of nitrogens with two attached hydrogens (primary N) is 2. The van der Waals surface area contributed by atoms with E-state index in [-0.39, 0.29) is 17.3 Å². The predicted molar refractivity (Wildman–Crippen MR) is 128 cm³/mol. The van der Waals surface area contributed by atoms with Crippen molar-refractivity contribution in [3.05, 3.63) is 27.3 Å². The number of hydrogen-bond donors (Lipinski definition) is 3. The second-order valence-corrected chi connectivity index (χ2v) is 10.3. The summed E-state index contributed by atoms with van der Waals surface area (Å²) >= 11 is 1.39. The smallest absolute Gasteiger partial charge is 0.341 e. The average Bonchev–Trinajstić information content (AvgIpc) is 3.47. The van der Waals surface area contributed by atoms with Crippen LogP contribution in [0.1, 0.15) is 59.8 Å². The SMILES string of the molecule is COC(=O)c1c(NC(=O)CO/N=C(/N)C2=C(N)C3(CCCC3)N(C)C2=O)sc2c1CCC(C)C2. The van der Waals surface area contributed by atoms with Crippen LogP contribution in [-0.2, 0) is 32.0 Å². The minimum Gasteiger partial charge on any atom is -0.465 e. The Morgan fingerprint density at radius 3 is 2.71 bits per heavy atom. The molecular weight excluding hydrogens is 458 g/mol. The van der Waals surface area contributed by atoms with Crippen molar-refractivity contribution >= 4 is 40.0 Å². The summed E-state index contributed by atoms with van der Waals surface area (Å²) in [6.07, 6.45) is 6.14. The lowest BCUT2D eigenvalue weighted by Crippen LogP contribution is -2.45. The standard InChI is InChI=1S/C23H31N5O5S/c1-12-6-7-13-14(10-12)34-20(16(13)22(31)32-3)26-15(29)11-33-27-19(25)17-18(24)23(8-4-5-9-23)28(2)21(17)30/h12H,4-11,24H2,1-3H3,(H2,25,27)(H,26,29). The highest BCUT2D eigenvalue weighted by Crippen LogP contribution is 2.44. The quantitative estimate of drug-likeness (QED) is 0.239. The lowest BCUT2D eigenvalue weighted by atomic mass is 9.88. The molecule has 2 amide bonds. The third-order valence-electron chi connectivity index (χ3n) is 7.13. The molecule has 1 spiro atoms. The third kappa shape index (κ3) is 4.02. The molecule has 184 valence electrons. The van der Waals surface area contributed by atoms with Crippen molar-refractivity contribution < 1.29 is 24.0 Å². The Kier molecular flexibility index (Phi) is 6.57. The van der Waals surface area contributed by atoms with Crippen LogP contribution in [0.5, 0.6) is 0 Å². The van der Waals surface area contributed by atoms with Gasteiger partial charge in [-0.05, 0) is 43.6 Å². The molecule has 5 N–H and O–H groups in total. The highest BCUT2D eigenvalue weighted by Gasteiger charge is 2.51. The van der Waals surface area contributed by atoms with E-state index in [1.54, 1.807) is 11.9 Å². The molecule has 11 heteroatoms. The zero-order valence-corrected chi connectivity index (χ0v) is 20.5. The van der Waals surface area contributed by atoms with Crippen LogP contribution >= 0.6 is 11.3 Å². The van der Waals surface area contributed by atoms with Gasteiger partial charge < -0.3 is 31.3 Å². The first kappa shape index (κ1) is 24.1. The summed E-state index contributed by atoms with van der Waals surface area (Å²) in [7, 11) is 3.04. The van der Waals surface area contributed by atoms with E-state index in [0.717, 1.165) is 55.4 Å². The lowest BCUT2D eigenvalue weighted by molar-refractivity contribution is -0.127. The van der Waals surface area contributed by atoms with Gasteiger partial charge in [0.2, 0.25) is 0 Å². The Morgan fingerprint density at radius 1 is 1.32 bits per heavy atom. The maximum Gasteiger partial charge on any atom is 0.341 e. The molecule has 0 radical (unpaired) electrons. The number of thiophene rings is 1. The van der Waals surface area contributed by atoms with Gasteiger partial charge in [0, 0.05) is 11.9 Å². The number of carbonyl (C=O) groups excluding carboxylic acids is 3. The van der Waals surface area contributed by atoms with Crippen LogP contribution < -0.4 is 16.8 Å². The summed E-state index contributed by atoms with van der Waals surface area (Å²) in [4.78, 5) is 45.5. The van der Waals surface area contributed by atoms with Gasteiger partial charge in [-0.15, -0.1) is 11.3 Å². The number of esters is 1. The Balaban J connectivity index is 1.45. The van der Waals surface area contributed by atoms with E-state index in [9.17, 15) is 14.4 Å². The van der Waals surface area contributed by atoms with Gasteiger partial charge >= 0.3 is 5.97 Å². The molecule has 34 heavy (non-hydrogen) atoms. The third-order valence-corrected chi connectivity index (χ3v) is 8.30. The van der Waals surface area contributed by atoms with Gasteiger partial charge in [0.1, 0.15) is 10.6 Å². The zero-order valence-electron chi connectivity index (χ0n) is 19.7.